The molecule has 11 heteroatoms. The fourth-order valence-corrected chi connectivity index (χ4v) is 4.44. The molecule has 0 unspecified atom stereocenters. The first-order chi connectivity index (χ1) is 16.0. The summed E-state index contributed by atoms with van der Waals surface area (Å²) in [6, 6.07) is 10.8. The van der Waals surface area contributed by atoms with Gasteiger partial charge in [0.25, 0.3) is 5.56 Å². The molecular formula is C23H18F3N3O4S. The Morgan fingerprint density at radius 3 is 2.32 bits per heavy atom. The van der Waals surface area contributed by atoms with Gasteiger partial charge in [0.2, 0.25) is 0 Å². The fourth-order valence-electron chi connectivity index (χ4n) is 3.39. The quantitative estimate of drug-likeness (QED) is 0.416. The number of pyridine rings is 1. The predicted octanol–water partition coefficient (Wildman–Crippen LogP) is 4.27. The van der Waals surface area contributed by atoms with Gasteiger partial charge in [0.15, 0.2) is 15.7 Å². The second kappa shape index (κ2) is 8.56. The van der Waals surface area contributed by atoms with Gasteiger partial charge < -0.3 is 4.74 Å². The maximum absolute atomic E-state index is 13.2. The Balaban J connectivity index is 1.94. The van der Waals surface area contributed by atoms with Crippen molar-refractivity contribution in [2.24, 2.45) is 0 Å². The van der Waals surface area contributed by atoms with Crippen molar-refractivity contribution in [2.45, 2.75) is 18.0 Å². The van der Waals surface area contributed by atoms with Crippen molar-refractivity contribution in [3.05, 3.63) is 77.0 Å². The summed E-state index contributed by atoms with van der Waals surface area (Å²) in [4.78, 5) is 21.1. The van der Waals surface area contributed by atoms with E-state index in [9.17, 15) is 26.4 Å². The number of rotatable bonds is 5. The van der Waals surface area contributed by atoms with Gasteiger partial charge in [0.05, 0.1) is 29.3 Å². The largest absolute Gasteiger partial charge is 0.497 e. The molecule has 2 aromatic heterocycles. The molecule has 0 fully saturated rings. The molecule has 0 N–H and O–H groups in total. The van der Waals surface area contributed by atoms with Crippen molar-refractivity contribution in [2.75, 3.05) is 12.9 Å². The lowest BCUT2D eigenvalue weighted by molar-refractivity contribution is -0.137. The molecule has 0 spiro atoms. The summed E-state index contributed by atoms with van der Waals surface area (Å²) in [5.41, 5.74) is -0.705. The summed E-state index contributed by atoms with van der Waals surface area (Å²) in [7, 11) is -2.36. The van der Waals surface area contributed by atoms with Crippen LogP contribution in [0.1, 0.15) is 12.5 Å². The number of benzene rings is 2. The van der Waals surface area contributed by atoms with Gasteiger partial charge in [0.1, 0.15) is 17.0 Å². The second-order valence-corrected chi connectivity index (χ2v) is 9.57. The number of ether oxygens (including phenoxy) is 1. The first kappa shape index (κ1) is 23.4. The maximum Gasteiger partial charge on any atom is 0.416 e. The molecule has 0 saturated heterocycles. The third-order valence-electron chi connectivity index (χ3n) is 5.28. The van der Waals surface area contributed by atoms with Crippen LogP contribution in [0.15, 0.2) is 70.7 Å². The fraction of sp³-hybridized carbons (Fsp3) is 0.174. The van der Waals surface area contributed by atoms with Gasteiger partial charge in [-0.1, -0.05) is 19.1 Å². The smallest absolute Gasteiger partial charge is 0.416 e. The predicted molar refractivity (Wildman–Crippen MR) is 120 cm³/mol. The summed E-state index contributed by atoms with van der Waals surface area (Å²) in [6.45, 7) is 1.44. The molecule has 0 bridgehead atoms. The highest BCUT2D eigenvalue weighted by molar-refractivity contribution is 7.91. The van der Waals surface area contributed by atoms with E-state index < -0.39 is 27.1 Å². The number of aromatic nitrogens is 3. The zero-order valence-electron chi connectivity index (χ0n) is 18.0. The summed E-state index contributed by atoms with van der Waals surface area (Å²) < 4.78 is 71.3. The Labute approximate surface area is 192 Å². The number of nitrogens with zero attached hydrogens (tertiary/aromatic N) is 3. The standard InChI is InChI=1S/C23H18F3N3O4S/c1-3-34(31,32)20-10-15(14-4-7-17(33-2)8-5-14)12-27-21(20)29-13-28-19-9-6-16(23(24,25)26)11-18(19)22(29)30/h4-13H,3H2,1-2H3. The molecule has 4 aromatic rings. The van der Waals surface area contributed by atoms with Crippen LogP contribution >= 0.6 is 0 Å². The van der Waals surface area contributed by atoms with Gasteiger partial charge >= 0.3 is 6.18 Å². The zero-order chi connectivity index (χ0) is 24.7. The molecule has 34 heavy (non-hydrogen) atoms. The van der Waals surface area contributed by atoms with Crippen molar-refractivity contribution in [3.63, 3.8) is 0 Å². The van der Waals surface area contributed by atoms with E-state index in [4.69, 9.17) is 4.74 Å². The molecule has 7 nitrogen and oxygen atoms in total. The van der Waals surface area contributed by atoms with E-state index in [1.807, 2.05) is 0 Å². The number of sulfone groups is 1. The Hall–Kier alpha value is -3.73. The minimum atomic E-state index is -4.66. The third kappa shape index (κ3) is 4.26. The third-order valence-corrected chi connectivity index (χ3v) is 7.02. The van der Waals surface area contributed by atoms with Crippen LogP contribution in [0.5, 0.6) is 5.75 Å². The van der Waals surface area contributed by atoms with E-state index >= 15 is 0 Å². The van der Waals surface area contributed by atoms with Gasteiger partial charge in [-0.05, 0) is 42.0 Å². The molecule has 0 aliphatic heterocycles. The van der Waals surface area contributed by atoms with E-state index in [1.165, 1.54) is 26.3 Å². The van der Waals surface area contributed by atoms with Gasteiger partial charge in [-0.3, -0.25) is 4.79 Å². The molecule has 0 atom stereocenters. The van der Waals surface area contributed by atoms with E-state index in [0.29, 0.717) is 22.9 Å². The van der Waals surface area contributed by atoms with Gasteiger partial charge in [0, 0.05) is 11.8 Å². The van der Waals surface area contributed by atoms with E-state index in [0.717, 1.165) is 23.0 Å². The monoisotopic (exact) mass is 489 g/mol. The molecular weight excluding hydrogens is 471 g/mol. The summed E-state index contributed by atoms with van der Waals surface area (Å²) in [5.74, 6) is 0.0968. The van der Waals surface area contributed by atoms with Crippen LogP contribution in [0, 0.1) is 0 Å². The summed E-state index contributed by atoms with van der Waals surface area (Å²) in [5, 5.41) is -0.307. The van der Waals surface area contributed by atoms with Gasteiger partial charge in [-0.2, -0.15) is 13.2 Å². The van der Waals surface area contributed by atoms with E-state index in [1.54, 1.807) is 24.3 Å². The molecule has 0 aliphatic carbocycles. The SMILES string of the molecule is CCS(=O)(=O)c1cc(-c2ccc(OC)cc2)cnc1-n1cnc2ccc(C(F)(F)F)cc2c1=O. The summed E-state index contributed by atoms with van der Waals surface area (Å²) >= 11 is 0. The molecule has 2 aromatic carbocycles. The van der Waals surface area contributed by atoms with Crippen molar-refractivity contribution in [1.29, 1.82) is 0 Å². The lowest BCUT2D eigenvalue weighted by Gasteiger charge is -2.14. The average molecular weight is 489 g/mol. The lowest BCUT2D eigenvalue weighted by atomic mass is 10.1. The summed E-state index contributed by atoms with van der Waals surface area (Å²) in [6.07, 6.45) is -2.22. The van der Waals surface area contributed by atoms with Gasteiger partial charge in [-0.25, -0.2) is 23.0 Å². The first-order valence-corrected chi connectivity index (χ1v) is 11.7. The Bertz CT molecular complexity index is 1550. The average Bonchev–Trinajstić information content (AvgIpc) is 2.83. The number of methoxy groups -OCH3 is 1. The highest BCUT2D eigenvalue weighted by Crippen LogP contribution is 2.31. The van der Waals surface area contributed by atoms with Crippen LogP contribution in [0.2, 0.25) is 0 Å². The highest BCUT2D eigenvalue weighted by atomic mass is 32.2. The number of hydrogen-bond donors (Lipinski definition) is 0. The number of alkyl halides is 3. The van der Waals surface area contributed by atoms with Crippen LogP contribution in [-0.4, -0.2) is 35.8 Å². The van der Waals surface area contributed by atoms with Crippen LogP contribution in [-0.2, 0) is 16.0 Å². The normalized spacial score (nSPS) is 12.1. The van der Waals surface area contributed by atoms with Crippen molar-refractivity contribution < 1.29 is 26.3 Å². The highest BCUT2D eigenvalue weighted by Gasteiger charge is 2.31. The topological polar surface area (TPSA) is 91.2 Å². The Morgan fingerprint density at radius 1 is 1.00 bits per heavy atom. The van der Waals surface area contributed by atoms with Crippen LogP contribution in [0.3, 0.4) is 0 Å². The minimum Gasteiger partial charge on any atom is -0.497 e. The van der Waals surface area contributed by atoms with Gasteiger partial charge in [-0.15, -0.1) is 0 Å². The molecule has 0 radical (unpaired) electrons. The van der Waals surface area contributed by atoms with Crippen molar-refractivity contribution in [3.8, 4) is 22.7 Å². The zero-order valence-corrected chi connectivity index (χ0v) is 18.8. The van der Waals surface area contributed by atoms with Crippen LogP contribution in [0.25, 0.3) is 27.8 Å². The molecule has 0 aliphatic rings. The number of fused-ring (bicyclic) bond motifs is 1. The molecule has 0 amide bonds. The molecule has 2 heterocycles. The van der Waals surface area contributed by atoms with Crippen LogP contribution in [0.4, 0.5) is 13.2 Å². The van der Waals surface area contributed by atoms with Crippen molar-refractivity contribution in [1.82, 2.24) is 14.5 Å². The lowest BCUT2D eigenvalue weighted by Crippen LogP contribution is -2.23. The number of halogens is 3. The maximum atomic E-state index is 13.2. The first-order valence-electron chi connectivity index (χ1n) is 10.0. The van der Waals surface area contributed by atoms with Crippen LogP contribution < -0.4 is 10.3 Å². The van der Waals surface area contributed by atoms with E-state index in [-0.39, 0.29) is 27.4 Å². The minimum absolute atomic E-state index is 0.0454. The van der Waals surface area contributed by atoms with E-state index in [2.05, 4.69) is 9.97 Å². The number of hydrogen-bond acceptors (Lipinski definition) is 6. The Morgan fingerprint density at radius 2 is 1.71 bits per heavy atom. The molecule has 0 saturated carbocycles. The molecule has 4 rings (SSSR count). The van der Waals surface area contributed by atoms with Crippen molar-refractivity contribution >= 4 is 20.7 Å². The second-order valence-electron chi connectivity index (χ2n) is 7.33. The Kier molecular flexibility index (Phi) is 5.90. The molecule has 176 valence electrons.